The highest BCUT2D eigenvalue weighted by Gasteiger charge is 2.28. The van der Waals surface area contributed by atoms with Crippen LogP contribution in [0, 0.1) is 0 Å². The predicted molar refractivity (Wildman–Crippen MR) is 71.6 cm³/mol. The summed E-state index contributed by atoms with van der Waals surface area (Å²) in [6.45, 7) is 3.59. The second-order valence-electron chi connectivity index (χ2n) is 5.08. The lowest BCUT2D eigenvalue weighted by Gasteiger charge is -2.33. The molecule has 2 N–H and O–H groups in total. The number of benzene rings is 1. The molecule has 0 aliphatic heterocycles. The Morgan fingerprint density at radius 2 is 2.06 bits per heavy atom. The average Bonchev–Trinajstić information content (AvgIpc) is 2.80. The number of para-hydroxylation sites is 1. The third kappa shape index (κ3) is 1.99. The van der Waals surface area contributed by atoms with Crippen LogP contribution in [0.5, 0.6) is 0 Å². The lowest BCUT2D eigenvalue weighted by molar-refractivity contribution is 0.0475. The number of amides is 1. The third-order valence-electron chi connectivity index (χ3n) is 3.42. The summed E-state index contributed by atoms with van der Waals surface area (Å²) in [6, 6.07) is 7.68. The number of aliphatic hydroxyl groups is 1. The van der Waals surface area contributed by atoms with Gasteiger partial charge in [-0.15, -0.1) is 0 Å². The molecular formula is C14H18N2O2. The van der Waals surface area contributed by atoms with E-state index in [1.54, 1.807) is 18.1 Å². The molecule has 1 aromatic heterocycles. The molecule has 18 heavy (non-hydrogen) atoms. The standard InChI is InChI=1S/C14H18N2O2/c1-14(2,9-17)16(3)13(18)11-8-15-12-7-5-4-6-10(11)12/h4-8,15,17H,9H2,1-3H3. The van der Waals surface area contributed by atoms with E-state index in [-0.39, 0.29) is 12.5 Å². The van der Waals surface area contributed by atoms with Crippen molar-refractivity contribution >= 4 is 16.8 Å². The van der Waals surface area contributed by atoms with Crippen LogP contribution in [0.1, 0.15) is 24.2 Å². The Kier molecular flexibility index (Phi) is 3.13. The summed E-state index contributed by atoms with van der Waals surface area (Å²) in [5, 5.41) is 10.2. The zero-order valence-corrected chi connectivity index (χ0v) is 10.9. The number of carbonyl (C=O) groups is 1. The molecule has 4 heteroatoms. The van der Waals surface area contributed by atoms with E-state index in [1.165, 1.54) is 0 Å². The molecule has 0 atom stereocenters. The fourth-order valence-electron chi connectivity index (χ4n) is 1.81. The van der Waals surface area contributed by atoms with E-state index >= 15 is 0 Å². The van der Waals surface area contributed by atoms with Crippen LogP contribution in [-0.4, -0.2) is 40.1 Å². The van der Waals surface area contributed by atoms with Gasteiger partial charge in [0, 0.05) is 24.1 Å². The molecular weight excluding hydrogens is 228 g/mol. The SMILES string of the molecule is CN(C(=O)c1c[nH]c2ccccc12)C(C)(C)CO. The first-order valence-electron chi connectivity index (χ1n) is 5.92. The Hall–Kier alpha value is -1.81. The van der Waals surface area contributed by atoms with Crippen molar-refractivity contribution in [1.29, 1.82) is 0 Å². The normalized spacial score (nSPS) is 11.8. The van der Waals surface area contributed by atoms with Crippen molar-refractivity contribution in [3.8, 4) is 0 Å². The number of hydrogen-bond donors (Lipinski definition) is 2. The van der Waals surface area contributed by atoms with Gasteiger partial charge in [0.05, 0.1) is 17.7 Å². The molecule has 4 nitrogen and oxygen atoms in total. The molecule has 2 aromatic rings. The van der Waals surface area contributed by atoms with Gasteiger partial charge in [0.1, 0.15) is 0 Å². The van der Waals surface area contributed by atoms with Gasteiger partial charge in [-0.2, -0.15) is 0 Å². The first-order chi connectivity index (χ1) is 8.47. The van der Waals surface area contributed by atoms with Crippen LogP contribution in [0.15, 0.2) is 30.5 Å². The molecule has 0 aliphatic carbocycles. The molecule has 1 aromatic carbocycles. The van der Waals surface area contributed by atoms with E-state index in [4.69, 9.17) is 0 Å². The number of carbonyl (C=O) groups excluding carboxylic acids is 1. The van der Waals surface area contributed by atoms with Gasteiger partial charge in [-0.05, 0) is 19.9 Å². The van der Waals surface area contributed by atoms with Crippen LogP contribution < -0.4 is 0 Å². The van der Waals surface area contributed by atoms with Crippen molar-refractivity contribution in [2.24, 2.45) is 0 Å². The number of aromatic amines is 1. The minimum atomic E-state index is -0.574. The maximum atomic E-state index is 12.4. The molecule has 0 bridgehead atoms. The van der Waals surface area contributed by atoms with Gasteiger partial charge < -0.3 is 15.0 Å². The maximum Gasteiger partial charge on any atom is 0.256 e. The molecule has 0 spiro atoms. The van der Waals surface area contributed by atoms with Crippen molar-refractivity contribution in [2.75, 3.05) is 13.7 Å². The molecule has 0 saturated carbocycles. The molecule has 96 valence electrons. The lowest BCUT2D eigenvalue weighted by atomic mass is 10.0. The summed E-state index contributed by atoms with van der Waals surface area (Å²) in [5.74, 6) is -0.0912. The highest BCUT2D eigenvalue weighted by Crippen LogP contribution is 2.22. The minimum absolute atomic E-state index is 0.0718. The second kappa shape index (κ2) is 4.46. The summed E-state index contributed by atoms with van der Waals surface area (Å²) < 4.78 is 0. The van der Waals surface area contributed by atoms with Gasteiger partial charge in [-0.3, -0.25) is 4.79 Å². The van der Waals surface area contributed by atoms with E-state index in [1.807, 2.05) is 38.1 Å². The summed E-state index contributed by atoms with van der Waals surface area (Å²) in [7, 11) is 1.71. The average molecular weight is 246 g/mol. The maximum absolute atomic E-state index is 12.4. The van der Waals surface area contributed by atoms with Gasteiger partial charge in [0.2, 0.25) is 0 Å². The van der Waals surface area contributed by atoms with Crippen LogP contribution in [0.25, 0.3) is 10.9 Å². The Morgan fingerprint density at radius 1 is 1.39 bits per heavy atom. The summed E-state index contributed by atoms with van der Waals surface area (Å²) in [6.07, 6.45) is 1.72. The number of H-pyrrole nitrogens is 1. The van der Waals surface area contributed by atoms with Crippen molar-refractivity contribution < 1.29 is 9.90 Å². The number of fused-ring (bicyclic) bond motifs is 1. The molecule has 0 fully saturated rings. The van der Waals surface area contributed by atoms with E-state index in [9.17, 15) is 9.90 Å². The monoisotopic (exact) mass is 246 g/mol. The zero-order valence-electron chi connectivity index (χ0n) is 10.9. The molecule has 1 amide bonds. The molecule has 0 radical (unpaired) electrons. The lowest BCUT2D eigenvalue weighted by Crippen LogP contribution is -2.47. The van der Waals surface area contributed by atoms with Crippen LogP contribution in [-0.2, 0) is 0 Å². The number of aliphatic hydroxyl groups excluding tert-OH is 1. The summed E-state index contributed by atoms with van der Waals surface area (Å²) >= 11 is 0. The Labute approximate surface area is 106 Å². The van der Waals surface area contributed by atoms with Gasteiger partial charge in [-0.1, -0.05) is 18.2 Å². The number of nitrogens with one attached hydrogen (secondary N) is 1. The topological polar surface area (TPSA) is 56.3 Å². The number of nitrogens with zero attached hydrogens (tertiary/aromatic N) is 1. The van der Waals surface area contributed by atoms with Crippen LogP contribution in [0.3, 0.4) is 0 Å². The largest absolute Gasteiger partial charge is 0.394 e. The molecule has 0 aliphatic rings. The molecule has 2 rings (SSSR count). The van der Waals surface area contributed by atoms with Gasteiger partial charge in [0.25, 0.3) is 5.91 Å². The van der Waals surface area contributed by atoms with Gasteiger partial charge >= 0.3 is 0 Å². The van der Waals surface area contributed by atoms with Gasteiger partial charge in [-0.25, -0.2) is 0 Å². The number of likely N-dealkylation sites (N-methyl/N-ethyl adjacent to an activating group) is 1. The van der Waals surface area contributed by atoms with Crippen LogP contribution in [0.4, 0.5) is 0 Å². The van der Waals surface area contributed by atoms with E-state index in [0.717, 1.165) is 10.9 Å². The number of aromatic nitrogens is 1. The number of hydrogen-bond acceptors (Lipinski definition) is 2. The molecule has 1 heterocycles. The van der Waals surface area contributed by atoms with Crippen molar-refractivity contribution in [3.63, 3.8) is 0 Å². The van der Waals surface area contributed by atoms with Gasteiger partial charge in [0.15, 0.2) is 0 Å². The Balaban J connectivity index is 2.40. The van der Waals surface area contributed by atoms with Crippen LogP contribution in [0.2, 0.25) is 0 Å². The fourth-order valence-corrected chi connectivity index (χ4v) is 1.81. The Bertz CT molecular complexity index is 572. The first-order valence-corrected chi connectivity index (χ1v) is 5.92. The second-order valence-corrected chi connectivity index (χ2v) is 5.08. The predicted octanol–water partition coefficient (Wildman–Crippen LogP) is 2.01. The first kappa shape index (κ1) is 12.6. The highest BCUT2D eigenvalue weighted by molar-refractivity contribution is 6.06. The quantitative estimate of drug-likeness (QED) is 0.870. The summed E-state index contributed by atoms with van der Waals surface area (Å²) in [4.78, 5) is 17.1. The van der Waals surface area contributed by atoms with Crippen molar-refractivity contribution in [1.82, 2.24) is 9.88 Å². The van der Waals surface area contributed by atoms with Crippen molar-refractivity contribution in [2.45, 2.75) is 19.4 Å². The van der Waals surface area contributed by atoms with E-state index < -0.39 is 5.54 Å². The number of rotatable bonds is 3. The Morgan fingerprint density at radius 3 is 2.72 bits per heavy atom. The smallest absolute Gasteiger partial charge is 0.256 e. The van der Waals surface area contributed by atoms with Crippen LogP contribution >= 0.6 is 0 Å². The summed E-state index contributed by atoms with van der Waals surface area (Å²) in [5.41, 5.74) is 1.00. The third-order valence-corrected chi connectivity index (χ3v) is 3.42. The van der Waals surface area contributed by atoms with E-state index in [2.05, 4.69) is 4.98 Å². The minimum Gasteiger partial charge on any atom is -0.394 e. The highest BCUT2D eigenvalue weighted by atomic mass is 16.3. The molecule has 0 saturated heterocycles. The van der Waals surface area contributed by atoms with Crippen molar-refractivity contribution in [3.05, 3.63) is 36.0 Å². The molecule has 0 unspecified atom stereocenters. The zero-order chi connectivity index (χ0) is 13.3. The van der Waals surface area contributed by atoms with E-state index in [0.29, 0.717) is 5.56 Å². The fraction of sp³-hybridized carbons (Fsp3) is 0.357.